The van der Waals surface area contributed by atoms with E-state index in [1.807, 2.05) is 0 Å². The van der Waals surface area contributed by atoms with Crippen molar-refractivity contribution in [2.24, 2.45) is 5.92 Å². The summed E-state index contributed by atoms with van der Waals surface area (Å²) in [7, 11) is -3.11. The Labute approximate surface area is 122 Å². The number of piperidine rings is 1. The van der Waals surface area contributed by atoms with Crippen LogP contribution in [0.1, 0.15) is 19.3 Å². The summed E-state index contributed by atoms with van der Waals surface area (Å²) in [5.41, 5.74) is 0. The molecule has 2 saturated heterocycles. The van der Waals surface area contributed by atoms with E-state index in [-0.39, 0.29) is 5.75 Å². The second kappa shape index (κ2) is 8.29. The Morgan fingerprint density at radius 2 is 1.90 bits per heavy atom. The molecule has 2 heterocycles. The van der Waals surface area contributed by atoms with Crippen molar-refractivity contribution in [1.29, 1.82) is 0 Å². The molecule has 2 fully saturated rings. The summed E-state index contributed by atoms with van der Waals surface area (Å²) in [5, 5.41) is 3.30. The van der Waals surface area contributed by atoms with Crippen molar-refractivity contribution in [3.05, 3.63) is 0 Å². The number of hydrogen-bond acceptors (Lipinski definition) is 5. The van der Waals surface area contributed by atoms with Crippen LogP contribution in [0.3, 0.4) is 0 Å². The summed E-state index contributed by atoms with van der Waals surface area (Å²) in [5.74, 6) is 0.827. The molecule has 0 unspecified atom stereocenters. The average Bonchev–Trinajstić information content (AvgIpc) is 2.47. The van der Waals surface area contributed by atoms with Crippen molar-refractivity contribution in [3.63, 3.8) is 0 Å². The Morgan fingerprint density at radius 3 is 2.60 bits per heavy atom. The van der Waals surface area contributed by atoms with Gasteiger partial charge in [-0.25, -0.2) is 13.1 Å². The Hall–Kier alpha value is -0.210. The van der Waals surface area contributed by atoms with Crippen LogP contribution in [-0.2, 0) is 14.8 Å². The van der Waals surface area contributed by atoms with Crippen LogP contribution in [-0.4, -0.2) is 71.6 Å². The SMILES string of the molecule is O=S(=O)(CCC1CCNCC1)NCCN1CCOCC1. The van der Waals surface area contributed by atoms with Crippen LogP contribution in [0.15, 0.2) is 0 Å². The summed E-state index contributed by atoms with van der Waals surface area (Å²) < 4.78 is 31.9. The van der Waals surface area contributed by atoms with Crippen molar-refractivity contribution < 1.29 is 13.2 Å². The smallest absolute Gasteiger partial charge is 0.211 e. The summed E-state index contributed by atoms with van der Waals surface area (Å²) in [6, 6.07) is 0. The maximum atomic E-state index is 11.9. The number of ether oxygens (including phenoxy) is 1. The van der Waals surface area contributed by atoms with Crippen LogP contribution in [0.25, 0.3) is 0 Å². The first-order valence-electron chi connectivity index (χ1n) is 7.64. The first-order valence-corrected chi connectivity index (χ1v) is 9.29. The molecule has 7 heteroatoms. The highest BCUT2D eigenvalue weighted by Crippen LogP contribution is 2.16. The van der Waals surface area contributed by atoms with Gasteiger partial charge in [-0.3, -0.25) is 4.90 Å². The minimum absolute atomic E-state index is 0.265. The predicted molar refractivity (Wildman–Crippen MR) is 79.3 cm³/mol. The molecule has 0 bridgehead atoms. The summed E-state index contributed by atoms with van der Waals surface area (Å²) in [6.07, 6.45) is 2.99. The first kappa shape index (κ1) is 16.2. The standard InChI is InChI=1S/C13H27N3O3S/c17-20(18,12-3-13-1-4-14-5-2-13)15-6-7-16-8-10-19-11-9-16/h13-15H,1-12H2. The van der Waals surface area contributed by atoms with Crippen molar-refractivity contribution in [2.45, 2.75) is 19.3 Å². The molecule has 2 rings (SSSR count). The lowest BCUT2D eigenvalue weighted by molar-refractivity contribution is 0.0390. The number of rotatable bonds is 7. The van der Waals surface area contributed by atoms with E-state index in [9.17, 15) is 8.42 Å². The fraction of sp³-hybridized carbons (Fsp3) is 1.00. The summed E-state index contributed by atoms with van der Waals surface area (Å²) in [6.45, 7) is 6.63. The molecule has 6 nitrogen and oxygen atoms in total. The number of hydrogen-bond donors (Lipinski definition) is 2. The average molecular weight is 305 g/mol. The van der Waals surface area contributed by atoms with E-state index in [1.54, 1.807) is 0 Å². The van der Waals surface area contributed by atoms with Gasteiger partial charge in [0.15, 0.2) is 0 Å². The Bertz CT molecular complexity index is 363. The van der Waals surface area contributed by atoms with Gasteiger partial charge in [-0.15, -0.1) is 0 Å². The Morgan fingerprint density at radius 1 is 1.20 bits per heavy atom. The topological polar surface area (TPSA) is 70.7 Å². The molecule has 20 heavy (non-hydrogen) atoms. The van der Waals surface area contributed by atoms with Crippen LogP contribution in [0.2, 0.25) is 0 Å². The van der Waals surface area contributed by atoms with Crippen LogP contribution in [0.4, 0.5) is 0 Å². The second-order valence-electron chi connectivity index (χ2n) is 5.65. The fourth-order valence-corrected chi connectivity index (χ4v) is 3.94. The maximum absolute atomic E-state index is 11.9. The quantitative estimate of drug-likeness (QED) is 0.671. The van der Waals surface area contributed by atoms with Crippen molar-refractivity contribution in [2.75, 3.05) is 58.2 Å². The zero-order valence-corrected chi connectivity index (χ0v) is 13.0. The van der Waals surface area contributed by atoms with Gasteiger partial charge in [-0.1, -0.05) is 0 Å². The van der Waals surface area contributed by atoms with Gasteiger partial charge in [-0.05, 0) is 38.3 Å². The van der Waals surface area contributed by atoms with Crippen LogP contribution in [0.5, 0.6) is 0 Å². The molecule has 0 aromatic carbocycles. The zero-order valence-electron chi connectivity index (χ0n) is 12.1. The molecule has 0 saturated carbocycles. The van der Waals surface area contributed by atoms with Gasteiger partial charge in [0.1, 0.15) is 0 Å². The summed E-state index contributed by atoms with van der Waals surface area (Å²) in [4.78, 5) is 2.23. The molecule has 0 aromatic heterocycles. The highest BCUT2D eigenvalue weighted by atomic mass is 32.2. The molecular formula is C13H27N3O3S. The normalized spacial score (nSPS) is 23.0. The maximum Gasteiger partial charge on any atom is 0.211 e. The molecule has 0 aromatic rings. The van der Waals surface area contributed by atoms with Crippen molar-refractivity contribution >= 4 is 10.0 Å². The third kappa shape index (κ3) is 6.05. The Kier molecular flexibility index (Phi) is 6.70. The molecule has 0 aliphatic carbocycles. The molecule has 118 valence electrons. The van der Waals surface area contributed by atoms with E-state index in [0.717, 1.165) is 65.2 Å². The zero-order chi connectivity index (χ0) is 14.3. The number of nitrogens with one attached hydrogen (secondary N) is 2. The highest BCUT2D eigenvalue weighted by Gasteiger charge is 2.18. The third-order valence-corrected chi connectivity index (χ3v) is 5.52. The minimum Gasteiger partial charge on any atom is -0.379 e. The number of morpholine rings is 1. The van der Waals surface area contributed by atoms with Crippen molar-refractivity contribution in [3.8, 4) is 0 Å². The summed E-state index contributed by atoms with van der Waals surface area (Å²) >= 11 is 0. The molecule has 0 atom stereocenters. The van der Waals surface area contributed by atoms with Gasteiger partial charge in [0.2, 0.25) is 10.0 Å². The molecule has 2 N–H and O–H groups in total. The van der Waals surface area contributed by atoms with Crippen molar-refractivity contribution in [1.82, 2.24) is 14.9 Å². The molecule has 0 radical (unpaired) electrons. The van der Waals surface area contributed by atoms with Gasteiger partial charge >= 0.3 is 0 Å². The molecular weight excluding hydrogens is 278 g/mol. The first-order chi connectivity index (χ1) is 9.66. The van der Waals surface area contributed by atoms with Gasteiger partial charge in [0.05, 0.1) is 19.0 Å². The predicted octanol–water partition coefficient (Wildman–Crippen LogP) is -0.372. The lowest BCUT2D eigenvalue weighted by Crippen LogP contribution is -2.41. The number of sulfonamides is 1. The van der Waals surface area contributed by atoms with Gasteiger partial charge in [-0.2, -0.15) is 0 Å². The lowest BCUT2D eigenvalue weighted by atomic mass is 9.96. The van der Waals surface area contributed by atoms with Crippen LogP contribution in [0, 0.1) is 5.92 Å². The van der Waals surface area contributed by atoms with Gasteiger partial charge in [0, 0.05) is 26.2 Å². The highest BCUT2D eigenvalue weighted by molar-refractivity contribution is 7.89. The van der Waals surface area contributed by atoms with E-state index in [0.29, 0.717) is 12.5 Å². The molecule has 0 spiro atoms. The molecule has 2 aliphatic rings. The van der Waals surface area contributed by atoms with Crippen LogP contribution < -0.4 is 10.0 Å². The minimum atomic E-state index is -3.11. The van der Waals surface area contributed by atoms with Gasteiger partial charge < -0.3 is 10.1 Å². The lowest BCUT2D eigenvalue weighted by Gasteiger charge is -2.26. The monoisotopic (exact) mass is 305 g/mol. The second-order valence-corrected chi connectivity index (χ2v) is 7.58. The van der Waals surface area contributed by atoms with Crippen LogP contribution >= 0.6 is 0 Å². The number of nitrogens with zero attached hydrogens (tertiary/aromatic N) is 1. The van der Waals surface area contributed by atoms with E-state index in [1.165, 1.54) is 0 Å². The van der Waals surface area contributed by atoms with Gasteiger partial charge in [0.25, 0.3) is 0 Å². The fourth-order valence-electron chi connectivity index (χ4n) is 2.75. The van der Waals surface area contributed by atoms with E-state index in [4.69, 9.17) is 4.74 Å². The van der Waals surface area contributed by atoms with E-state index < -0.39 is 10.0 Å². The Balaban J connectivity index is 1.60. The van der Waals surface area contributed by atoms with E-state index >= 15 is 0 Å². The largest absolute Gasteiger partial charge is 0.379 e. The molecule has 0 amide bonds. The third-order valence-electron chi connectivity index (χ3n) is 4.11. The molecule has 2 aliphatic heterocycles. The van der Waals surface area contributed by atoms with E-state index in [2.05, 4.69) is 14.9 Å².